The number of hydrogen-bond donors (Lipinski definition) is 0. The number of benzene rings is 1. The quantitative estimate of drug-likeness (QED) is 0.687. The topological polar surface area (TPSA) is 49.6 Å². The maximum Gasteiger partial charge on any atom is 0.254 e. The predicted octanol–water partition coefficient (Wildman–Crippen LogP) is 4.13. The monoisotopic (exact) mass is 343 g/mol. The van der Waals surface area contributed by atoms with Crippen molar-refractivity contribution in [2.24, 2.45) is 0 Å². The van der Waals surface area contributed by atoms with Gasteiger partial charge in [0.15, 0.2) is 0 Å². The van der Waals surface area contributed by atoms with E-state index in [9.17, 15) is 4.79 Å². The number of aromatic nitrogens is 1. The lowest BCUT2D eigenvalue weighted by atomic mass is 10.1. The average molecular weight is 343 g/mol. The van der Waals surface area contributed by atoms with Crippen molar-refractivity contribution in [1.29, 1.82) is 0 Å². The molecular weight excluding hydrogens is 314 g/mol. The fourth-order valence-electron chi connectivity index (χ4n) is 2.93. The molecule has 1 atom stereocenters. The lowest BCUT2D eigenvalue weighted by Crippen LogP contribution is -2.30. The van der Waals surface area contributed by atoms with Crippen LogP contribution in [0.1, 0.15) is 61.3 Å². The normalized spacial score (nSPS) is 12.4. The van der Waals surface area contributed by atoms with Crippen LogP contribution in [0, 0.1) is 0 Å². The molecule has 25 heavy (non-hydrogen) atoms. The molecule has 136 valence electrons. The summed E-state index contributed by atoms with van der Waals surface area (Å²) in [5.41, 5.74) is 2.69. The van der Waals surface area contributed by atoms with Gasteiger partial charge in [0, 0.05) is 25.2 Å². The molecular formula is C20H29N3O2. The molecule has 0 N–H and O–H groups in total. The first-order chi connectivity index (χ1) is 12.1. The molecule has 1 aromatic heterocycles. The number of rotatable bonds is 9. The minimum atomic E-state index is -0.129. The highest BCUT2D eigenvalue weighted by Crippen LogP contribution is 2.19. The average Bonchev–Trinajstić information content (AvgIpc) is 3.15. The molecule has 0 fully saturated rings. The Labute approximate surface area is 150 Å². The van der Waals surface area contributed by atoms with Gasteiger partial charge in [-0.3, -0.25) is 9.69 Å². The van der Waals surface area contributed by atoms with E-state index in [1.54, 1.807) is 18.0 Å². The number of carbonyl (C=O) groups excluding carboxylic acids is 1. The van der Waals surface area contributed by atoms with Crippen LogP contribution < -0.4 is 0 Å². The maximum atomic E-state index is 12.7. The van der Waals surface area contributed by atoms with Crippen LogP contribution in [0.5, 0.6) is 0 Å². The minimum Gasteiger partial charge on any atom is -0.364 e. The molecule has 0 saturated carbocycles. The standard InChI is InChI=1S/C20H29N3O2/c1-5-12-23(13-6-2)15-17-7-9-18(10-8-17)20(24)22(4)16(3)19-11-14-25-21-19/h7-11,14,16H,5-6,12-13,15H2,1-4H3. The van der Waals surface area contributed by atoms with Crippen molar-refractivity contribution in [3.63, 3.8) is 0 Å². The number of carbonyl (C=O) groups is 1. The van der Waals surface area contributed by atoms with Crippen LogP contribution in [0.2, 0.25) is 0 Å². The second-order valence-electron chi connectivity index (χ2n) is 6.49. The van der Waals surface area contributed by atoms with E-state index >= 15 is 0 Å². The number of nitrogens with zero attached hydrogens (tertiary/aromatic N) is 3. The summed E-state index contributed by atoms with van der Waals surface area (Å²) in [5.74, 6) is -0.0129. The summed E-state index contributed by atoms with van der Waals surface area (Å²) < 4.78 is 4.87. The van der Waals surface area contributed by atoms with Gasteiger partial charge in [0.2, 0.25) is 0 Å². The Morgan fingerprint density at radius 1 is 1.12 bits per heavy atom. The molecule has 1 unspecified atom stereocenters. The third-order valence-corrected chi connectivity index (χ3v) is 4.47. The Bertz CT molecular complexity index is 631. The van der Waals surface area contributed by atoms with Crippen LogP contribution in [0.15, 0.2) is 41.1 Å². The van der Waals surface area contributed by atoms with Crippen LogP contribution in [-0.4, -0.2) is 41.0 Å². The maximum absolute atomic E-state index is 12.7. The highest BCUT2D eigenvalue weighted by molar-refractivity contribution is 5.94. The van der Waals surface area contributed by atoms with E-state index in [4.69, 9.17) is 4.52 Å². The Hall–Kier alpha value is -2.14. The molecule has 2 rings (SSSR count). The summed E-state index contributed by atoms with van der Waals surface area (Å²) in [6, 6.07) is 9.60. The zero-order valence-corrected chi connectivity index (χ0v) is 15.7. The van der Waals surface area contributed by atoms with Gasteiger partial charge in [-0.2, -0.15) is 0 Å². The molecule has 1 aromatic carbocycles. The second-order valence-corrected chi connectivity index (χ2v) is 6.49. The van der Waals surface area contributed by atoms with E-state index in [-0.39, 0.29) is 11.9 Å². The Morgan fingerprint density at radius 3 is 2.28 bits per heavy atom. The summed E-state index contributed by atoms with van der Waals surface area (Å²) in [6.45, 7) is 9.49. The summed E-state index contributed by atoms with van der Waals surface area (Å²) in [7, 11) is 1.79. The lowest BCUT2D eigenvalue weighted by molar-refractivity contribution is 0.0737. The molecule has 1 amide bonds. The van der Waals surface area contributed by atoms with Gasteiger partial charge in [0.25, 0.3) is 5.91 Å². The molecule has 0 saturated heterocycles. The fraction of sp³-hybridized carbons (Fsp3) is 0.500. The van der Waals surface area contributed by atoms with E-state index in [1.807, 2.05) is 19.1 Å². The Morgan fingerprint density at radius 2 is 1.76 bits per heavy atom. The SMILES string of the molecule is CCCN(CCC)Cc1ccc(C(=O)N(C)C(C)c2ccon2)cc1. The van der Waals surface area contributed by atoms with Gasteiger partial charge in [-0.25, -0.2) is 0 Å². The van der Waals surface area contributed by atoms with Gasteiger partial charge in [-0.05, 0) is 50.6 Å². The van der Waals surface area contributed by atoms with Gasteiger partial charge in [0.05, 0.1) is 6.04 Å². The smallest absolute Gasteiger partial charge is 0.254 e. The van der Waals surface area contributed by atoms with Crippen molar-refractivity contribution in [1.82, 2.24) is 15.0 Å². The van der Waals surface area contributed by atoms with Gasteiger partial charge < -0.3 is 9.42 Å². The molecule has 0 bridgehead atoms. The van der Waals surface area contributed by atoms with Crippen molar-refractivity contribution in [2.75, 3.05) is 20.1 Å². The molecule has 0 aliphatic rings. The molecule has 0 aliphatic heterocycles. The van der Waals surface area contributed by atoms with Crippen LogP contribution in [-0.2, 0) is 6.54 Å². The van der Waals surface area contributed by atoms with E-state index < -0.39 is 0 Å². The molecule has 0 spiro atoms. The first kappa shape index (κ1) is 19.2. The Balaban J connectivity index is 2.02. The molecule has 2 aromatic rings. The summed E-state index contributed by atoms with van der Waals surface area (Å²) in [6.07, 6.45) is 3.83. The number of amides is 1. The second kappa shape index (κ2) is 9.37. The first-order valence-electron chi connectivity index (χ1n) is 9.05. The summed E-state index contributed by atoms with van der Waals surface area (Å²) >= 11 is 0. The van der Waals surface area contributed by atoms with Crippen molar-refractivity contribution in [3.05, 3.63) is 53.4 Å². The van der Waals surface area contributed by atoms with Crippen LogP contribution in [0.3, 0.4) is 0 Å². The van der Waals surface area contributed by atoms with Crippen LogP contribution in [0.4, 0.5) is 0 Å². The van der Waals surface area contributed by atoms with Crippen LogP contribution in [0.25, 0.3) is 0 Å². The molecule has 0 radical (unpaired) electrons. The van der Waals surface area contributed by atoms with Gasteiger partial charge >= 0.3 is 0 Å². The molecule has 5 heteroatoms. The predicted molar refractivity (Wildman–Crippen MR) is 99.3 cm³/mol. The zero-order chi connectivity index (χ0) is 18.2. The van der Waals surface area contributed by atoms with Crippen molar-refractivity contribution in [2.45, 2.75) is 46.2 Å². The molecule has 1 heterocycles. The third-order valence-electron chi connectivity index (χ3n) is 4.47. The van der Waals surface area contributed by atoms with Gasteiger partial charge in [0.1, 0.15) is 12.0 Å². The lowest BCUT2D eigenvalue weighted by Gasteiger charge is -2.24. The van der Waals surface area contributed by atoms with E-state index in [2.05, 4.69) is 36.0 Å². The summed E-state index contributed by atoms with van der Waals surface area (Å²) in [4.78, 5) is 16.8. The number of hydrogen-bond acceptors (Lipinski definition) is 4. The summed E-state index contributed by atoms with van der Waals surface area (Å²) in [5, 5.41) is 3.92. The van der Waals surface area contributed by atoms with Gasteiger partial charge in [-0.15, -0.1) is 0 Å². The minimum absolute atomic E-state index is 0.0129. The third kappa shape index (κ3) is 5.16. The van der Waals surface area contributed by atoms with Crippen molar-refractivity contribution >= 4 is 5.91 Å². The van der Waals surface area contributed by atoms with E-state index in [1.165, 1.54) is 11.8 Å². The zero-order valence-electron chi connectivity index (χ0n) is 15.7. The van der Waals surface area contributed by atoms with Crippen LogP contribution >= 0.6 is 0 Å². The van der Waals surface area contributed by atoms with Crippen molar-refractivity contribution in [3.8, 4) is 0 Å². The fourth-order valence-corrected chi connectivity index (χ4v) is 2.93. The van der Waals surface area contributed by atoms with Gasteiger partial charge in [-0.1, -0.05) is 31.1 Å². The molecule has 5 nitrogen and oxygen atoms in total. The highest BCUT2D eigenvalue weighted by Gasteiger charge is 2.20. The van der Waals surface area contributed by atoms with E-state index in [0.717, 1.165) is 38.2 Å². The highest BCUT2D eigenvalue weighted by atomic mass is 16.5. The largest absolute Gasteiger partial charge is 0.364 e. The first-order valence-corrected chi connectivity index (χ1v) is 9.05. The Kier molecular flexibility index (Phi) is 7.19. The molecule has 0 aliphatic carbocycles. The van der Waals surface area contributed by atoms with Crippen molar-refractivity contribution < 1.29 is 9.32 Å². The van der Waals surface area contributed by atoms with E-state index in [0.29, 0.717) is 5.56 Å².